The molecule has 0 fully saturated rings. The van der Waals surface area contributed by atoms with Gasteiger partial charge in [-0.1, -0.05) is 13.2 Å². The lowest BCUT2D eigenvalue weighted by atomic mass is 10.1. The van der Waals surface area contributed by atoms with Gasteiger partial charge in [0.05, 0.1) is 25.4 Å². The normalized spacial score (nSPS) is 10.4. The standard InChI is InChI=1S/C10H13NO4/c1-6(9(12)14-3)5-8(11)7(2)10(13)15-4/h5H,1-2,11H2,3-4H3/b8-5+. The van der Waals surface area contributed by atoms with E-state index in [1.54, 1.807) is 0 Å². The zero-order valence-electron chi connectivity index (χ0n) is 8.70. The smallest absolute Gasteiger partial charge is 0.339 e. The van der Waals surface area contributed by atoms with Crippen LogP contribution >= 0.6 is 0 Å². The second kappa shape index (κ2) is 5.64. The number of ether oxygens (including phenoxy) is 2. The van der Waals surface area contributed by atoms with Crippen LogP contribution < -0.4 is 5.73 Å². The van der Waals surface area contributed by atoms with Crippen molar-refractivity contribution in [1.29, 1.82) is 0 Å². The molecule has 0 spiro atoms. The number of methoxy groups -OCH3 is 2. The molecule has 0 saturated carbocycles. The highest BCUT2D eigenvalue weighted by molar-refractivity contribution is 5.95. The van der Waals surface area contributed by atoms with Crippen LogP contribution in [0.4, 0.5) is 0 Å². The first-order valence-corrected chi connectivity index (χ1v) is 3.96. The van der Waals surface area contributed by atoms with Gasteiger partial charge in [-0.3, -0.25) is 0 Å². The highest BCUT2D eigenvalue weighted by atomic mass is 16.5. The van der Waals surface area contributed by atoms with Crippen LogP contribution in [0.25, 0.3) is 0 Å². The average Bonchev–Trinajstić information content (AvgIpc) is 2.25. The molecule has 0 unspecified atom stereocenters. The fourth-order valence-corrected chi connectivity index (χ4v) is 0.706. The van der Waals surface area contributed by atoms with Crippen molar-refractivity contribution in [3.63, 3.8) is 0 Å². The minimum Gasteiger partial charge on any atom is -0.465 e. The quantitative estimate of drug-likeness (QED) is 0.410. The predicted molar refractivity (Wildman–Crippen MR) is 54.6 cm³/mol. The van der Waals surface area contributed by atoms with E-state index in [9.17, 15) is 9.59 Å². The lowest BCUT2D eigenvalue weighted by molar-refractivity contribution is -0.136. The number of hydrogen-bond donors (Lipinski definition) is 1. The molecule has 0 aliphatic heterocycles. The van der Waals surface area contributed by atoms with Gasteiger partial charge in [0.1, 0.15) is 0 Å². The highest BCUT2D eigenvalue weighted by Gasteiger charge is 2.11. The summed E-state index contributed by atoms with van der Waals surface area (Å²) >= 11 is 0. The maximum atomic E-state index is 11.0. The molecule has 0 heterocycles. The van der Waals surface area contributed by atoms with Crippen molar-refractivity contribution in [2.45, 2.75) is 0 Å². The van der Waals surface area contributed by atoms with Gasteiger partial charge in [0.2, 0.25) is 0 Å². The maximum absolute atomic E-state index is 11.0. The van der Waals surface area contributed by atoms with Crippen molar-refractivity contribution >= 4 is 11.9 Å². The minimum atomic E-state index is -0.665. The Bertz CT molecular complexity index is 341. The molecule has 0 radical (unpaired) electrons. The number of hydrogen-bond acceptors (Lipinski definition) is 5. The molecule has 0 aromatic heterocycles. The molecule has 15 heavy (non-hydrogen) atoms. The van der Waals surface area contributed by atoms with Crippen LogP contribution in [-0.2, 0) is 19.1 Å². The molecule has 0 saturated heterocycles. The van der Waals surface area contributed by atoms with Crippen LogP contribution in [0.15, 0.2) is 36.1 Å². The van der Waals surface area contributed by atoms with E-state index in [1.807, 2.05) is 0 Å². The number of rotatable bonds is 4. The number of nitrogens with two attached hydrogens (primary N) is 1. The Hall–Kier alpha value is -2.04. The van der Waals surface area contributed by atoms with Crippen molar-refractivity contribution in [2.24, 2.45) is 5.73 Å². The van der Waals surface area contributed by atoms with E-state index >= 15 is 0 Å². The zero-order chi connectivity index (χ0) is 12.0. The Morgan fingerprint density at radius 2 is 1.60 bits per heavy atom. The predicted octanol–water partition coefficient (Wildman–Crippen LogP) is 0.287. The van der Waals surface area contributed by atoms with Crippen LogP contribution in [0.5, 0.6) is 0 Å². The lowest BCUT2D eigenvalue weighted by Gasteiger charge is -2.04. The third kappa shape index (κ3) is 3.68. The molecule has 5 heteroatoms. The maximum Gasteiger partial charge on any atom is 0.339 e. The third-order valence-electron chi connectivity index (χ3n) is 1.56. The van der Waals surface area contributed by atoms with Gasteiger partial charge in [-0.15, -0.1) is 0 Å². The summed E-state index contributed by atoms with van der Waals surface area (Å²) < 4.78 is 8.79. The van der Waals surface area contributed by atoms with Crippen molar-refractivity contribution in [3.05, 3.63) is 36.1 Å². The Morgan fingerprint density at radius 1 is 1.13 bits per heavy atom. The Balaban J connectivity index is 4.71. The summed E-state index contributed by atoms with van der Waals surface area (Å²) in [4.78, 5) is 21.9. The molecule has 0 amide bonds. The van der Waals surface area contributed by atoms with Crippen LogP contribution in [0.3, 0.4) is 0 Å². The van der Waals surface area contributed by atoms with Crippen LogP contribution in [0.2, 0.25) is 0 Å². The second-order valence-corrected chi connectivity index (χ2v) is 2.59. The molecule has 0 aliphatic carbocycles. The molecule has 0 aromatic carbocycles. The zero-order valence-corrected chi connectivity index (χ0v) is 8.70. The summed E-state index contributed by atoms with van der Waals surface area (Å²) in [6.45, 7) is 6.81. The topological polar surface area (TPSA) is 78.6 Å². The van der Waals surface area contributed by atoms with Gasteiger partial charge < -0.3 is 15.2 Å². The molecule has 0 atom stereocenters. The molecule has 5 nitrogen and oxygen atoms in total. The number of carbonyl (C=O) groups is 2. The Kier molecular flexibility index (Phi) is 4.87. The van der Waals surface area contributed by atoms with Gasteiger partial charge in [0.15, 0.2) is 0 Å². The molecular weight excluding hydrogens is 198 g/mol. The van der Waals surface area contributed by atoms with E-state index in [0.717, 1.165) is 0 Å². The monoisotopic (exact) mass is 211 g/mol. The van der Waals surface area contributed by atoms with Gasteiger partial charge in [-0.05, 0) is 6.08 Å². The van der Waals surface area contributed by atoms with Gasteiger partial charge in [0, 0.05) is 5.70 Å². The molecule has 0 bridgehead atoms. The van der Waals surface area contributed by atoms with E-state index < -0.39 is 11.9 Å². The van der Waals surface area contributed by atoms with Gasteiger partial charge in [-0.2, -0.15) is 0 Å². The van der Waals surface area contributed by atoms with Gasteiger partial charge in [-0.25, -0.2) is 9.59 Å². The van der Waals surface area contributed by atoms with Crippen LogP contribution in [0.1, 0.15) is 0 Å². The average molecular weight is 211 g/mol. The number of esters is 2. The summed E-state index contributed by atoms with van der Waals surface area (Å²) in [5.41, 5.74) is 5.48. The van der Waals surface area contributed by atoms with E-state index in [0.29, 0.717) is 0 Å². The lowest BCUT2D eigenvalue weighted by Crippen LogP contribution is -2.13. The van der Waals surface area contributed by atoms with E-state index in [1.165, 1.54) is 20.3 Å². The fourth-order valence-electron chi connectivity index (χ4n) is 0.706. The highest BCUT2D eigenvalue weighted by Crippen LogP contribution is 2.07. The molecule has 0 rings (SSSR count). The molecule has 82 valence electrons. The molecule has 2 N–H and O–H groups in total. The molecule has 0 aliphatic rings. The van der Waals surface area contributed by atoms with Gasteiger partial charge >= 0.3 is 11.9 Å². The Morgan fingerprint density at radius 3 is 2.00 bits per heavy atom. The summed E-state index contributed by atoms with van der Waals surface area (Å²) in [7, 11) is 2.42. The molecular formula is C10H13NO4. The van der Waals surface area contributed by atoms with Crippen LogP contribution in [0, 0.1) is 0 Å². The van der Waals surface area contributed by atoms with E-state index in [4.69, 9.17) is 5.73 Å². The SMILES string of the molecule is C=C(/C=C(/N)C(=C)C(=O)OC)C(=O)OC. The number of carbonyl (C=O) groups excluding carboxylic acids is 2. The van der Waals surface area contributed by atoms with Gasteiger partial charge in [0.25, 0.3) is 0 Å². The summed E-state index contributed by atoms with van der Waals surface area (Å²) in [5.74, 6) is -1.29. The third-order valence-corrected chi connectivity index (χ3v) is 1.56. The Labute approximate surface area is 87.8 Å². The van der Waals surface area contributed by atoms with E-state index in [-0.39, 0.29) is 16.8 Å². The van der Waals surface area contributed by atoms with E-state index in [2.05, 4.69) is 22.6 Å². The van der Waals surface area contributed by atoms with Crippen molar-refractivity contribution in [2.75, 3.05) is 14.2 Å². The first-order chi connectivity index (χ1) is 6.93. The van der Waals surface area contributed by atoms with Crippen molar-refractivity contribution in [1.82, 2.24) is 0 Å². The fraction of sp³-hybridized carbons (Fsp3) is 0.200. The second-order valence-electron chi connectivity index (χ2n) is 2.59. The summed E-state index contributed by atoms with van der Waals surface area (Å²) in [5, 5.41) is 0. The minimum absolute atomic E-state index is 0.0113. The molecule has 0 aromatic rings. The largest absolute Gasteiger partial charge is 0.465 e. The first kappa shape index (κ1) is 13.0. The van der Waals surface area contributed by atoms with Crippen LogP contribution in [-0.4, -0.2) is 26.2 Å². The summed E-state index contributed by atoms with van der Waals surface area (Å²) in [6.07, 6.45) is 1.20. The van der Waals surface area contributed by atoms with Crippen molar-refractivity contribution in [3.8, 4) is 0 Å². The van der Waals surface area contributed by atoms with Crippen molar-refractivity contribution < 1.29 is 19.1 Å². The first-order valence-electron chi connectivity index (χ1n) is 3.96. The summed E-state index contributed by atoms with van der Waals surface area (Å²) in [6, 6.07) is 0.